The maximum atomic E-state index is 13.0. The van der Waals surface area contributed by atoms with Crippen molar-refractivity contribution < 1.29 is 9.21 Å². The van der Waals surface area contributed by atoms with Crippen LogP contribution in [0.5, 0.6) is 0 Å². The lowest BCUT2D eigenvalue weighted by Crippen LogP contribution is -2.26. The normalized spacial score (nSPS) is 16.8. The zero-order valence-electron chi connectivity index (χ0n) is 13.3. The molecule has 0 spiro atoms. The molecule has 124 valence electrons. The van der Waals surface area contributed by atoms with Crippen LogP contribution in [0, 0.1) is 0 Å². The number of furan rings is 1. The fourth-order valence-corrected chi connectivity index (χ4v) is 3.15. The lowest BCUT2D eigenvalue weighted by molar-refractivity contribution is 0.0693. The molecule has 1 amide bonds. The predicted molar refractivity (Wildman–Crippen MR) is 96.7 cm³/mol. The van der Waals surface area contributed by atoms with Crippen LogP contribution in [0.15, 0.2) is 82.5 Å². The largest absolute Gasteiger partial charge is 0.467 e. The average Bonchev–Trinajstić information content (AvgIpc) is 3.31. The van der Waals surface area contributed by atoms with Crippen LogP contribution in [0.4, 0.5) is 0 Å². The molecular formula is C20H15ClN2O2. The molecule has 2 aromatic carbocycles. The zero-order valence-corrected chi connectivity index (χ0v) is 14.1. The second kappa shape index (κ2) is 6.57. The van der Waals surface area contributed by atoms with Crippen LogP contribution in [0.1, 0.15) is 34.1 Å². The van der Waals surface area contributed by atoms with Gasteiger partial charge in [0, 0.05) is 17.0 Å². The quantitative estimate of drug-likeness (QED) is 0.672. The molecule has 1 aliphatic heterocycles. The highest BCUT2D eigenvalue weighted by atomic mass is 35.5. The number of hydrazone groups is 1. The van der Waals surface area contributed by atoms with E-state index in [4.69, 9.17) is 16.0 Å². The molecule has 0 N–H and O–H groups in total. The van der Waals surface area contributed by atoms with Crippen LogP contribution in [0.2, 0.25) is 5.02 Å². The summed E-state index contributed by atoms with van der Waals surface area (Å²) in [5.74, 6) is 0.514. The van der Waals surface area contributed by atoms with Crippen LogP contribution in [-0.4, -0.2) is 16.6 Å². The maximum Gasteiger partial charge on any atom is 0.274 e. The highest BCUT2D eigenvalue weighted by Gasteiger charge is 2.35. The molecule has 0 radical (unpaired) electrons. The number of rotatable bonds is 3. The van der Waals surface area contributed by atoms with E-state index in [1.165, 1.54) is 5.01 Å². The van der Waals surface area contributed by atoms with Crippen molar-refractivity contribution in [2.75, 3.05) is 0 Å². The van der Waals surface area contributed by atoms with Gasteiger partial charge in [-0.1, -0.05) is 48.0 Å². The topological polar surface area (TPSA) is 45.8 Å². The van der Waals surface area contributed by atoms with E-state index in [-0.39, 0.29) is 11.9 Å². The van der Waals surface area contributed by atoms with Gasteiger partial charge >= 0.3 is 0 Å². The summed E-state index contributed by atoms with van der Waals surface area (Å²) in [6.07, 6.45) is 2.21. The van der Waals surface area contributed by atoms with Crippen molar-refractivity contribution in [3.05, 3.63) is 94.9 Å². The lowest BCUT2D eigenvalue weighted by atomic mass is 10.0. The van der Waals surface area contributed by atoms with Crippen molar-refractivity contribution in [3.63, 3.8) is 0 Å². The number of carbonyl (C=O) groups excluding carboxylic acids is 1. The summed E-state index contributed by atoms with van der Waals surface area (Å²) in [6.45, 7) is 0. The minimum atomic E-state index is -0.267. The second-order valence-corrected chi connectivity index (χ2v) is 6.24. The first kappa shape index (κ1) is 15.7. The van der Waals surface area contributed by atoms with E-state index in [2.05, 4.69) is 5.10 Å². The van der Waals surface area contributed by atoms with Gasteiger partial charge in [0.25, 0.3) is 5.91 Å². The lowest BCUT2D eigenvalue weighted by Gasteiger charge is -2.20. The summed E-state index contributed by atoms with van der Waals surface area (Å²) in [7, 11) is 0. The minimum absolute atomic E-state index is 0.199. The van der Waals surface area contributed by atoms with Gasteiger partial charge in [-0.2, -0.15) is 5.10 Å². The Morgan fingerprint density at radius 3 is 2.64 bits per heavy atom. The highest BCUT2D eigenvalue weighted by molar-refractivity contribution is 6.31. The summed E-state index contributed by atoms with van der Waals surface area (Å²) < 4.78 is 5.55. The Kier molecular flexibility index (Phi) is 4.12. The Morgan fingerprint density at radius 2 is 1.92 bits per heavy atom. The molecule has 1 aliphatic rings. The molecule has 0 saturated carbocycles. The van der Waals surface area contributed by atoms with E-state index in [0.29, 0.717) is 22.8 Å². The highest BCUT2D eigenvalue weighted by Crippen LogP contribution is 2.34. The molecule has 3 aromatic rings. The Balaban J connectivity index is 1.72. The van der Waals surface area contributed by atoms with Gasteiger partial charge in [-0.05, 0) is 35.9 Å². The third-order valence-corrected chi connectivity index (χ3v) is 4.40. The Hall–Kier alpha value is -2.85. The molecule has 0 saturated heterocycles. The van der Waals surface area contributed by atoms with Crippen LogP contribution >= 0.6 is 11.6 Å². The van der Waals surface area contributed by atoms with E-state index in [1.807, 2.05) is 42.5 Å². The third-order valence-electron chi connectivity index (χ3n) is 4.17. The van der Waals surface area contributed by atoms with Gasteiger partial charge in [0.05, 0.1) is 12.0 Å². The molecule has 0 fully saturated rings. The van der Waals surface area contributed by atoms with Crippen LogP contribution in [0.25, 0.3) is 0 Å². The van der Waals surface area contributed by atoms with Gasteiger partial charge in [-0.25, -0.2) is 5.01 Å². The van der Waals surface area contributed by atoms with Crippen molar-refractivity contribution in [1.82, 2.24) is 5.01 Å². The van der Waals surface area contributed by atoms with Gasteiger partial charge in [-0.3, -0.25) is 4.79 Å². The van der Waals surface area contributed by atoms with Crippen molar-refractivity contribution >= 4 is 23.2 Å². The fourth-order valence-electron chi connectivity index (χ4n) is 2.96. The standard InChI is InChI=1S/C20H15ClN2O2/c21-16-9-4-8-15(12-16)20(24)23-18(19-10-5-11-25-19)13-17(22-23)14-6-2-1-3-7-14/h1-12,18H,13H2. The fraction of sp³-hybridized carbons (Fsp3) is 0.100. The summed E-state index contributed by atoms with van der Waals surface area (Å²) >= 11 is 6.03. The monoisotopic (exact) mass is 350 g/mol. The van der Waals surface area contributed by atoms with E-state index < -0.39 is 0 Å². The number of amides is 1. The first-order valence-corrected chi connectivity index (χ1v) is 8.35. The molecular weight excluding hydrogens is 336 g/mol. The number of nitrogens with zero attached hydrogens (tertiary/aromatic N) is 2. The van der Waals surface area contributed by atoms with Gasteiger partial charge in [-0.15, -0.1) is 0 Å². The molecule has 25 heavy (non-hydrogen) atoms. The van der Waals surface area contributed by atoms with Crippen LogP contribution < -0.4 is 0 Å². The molecule has 4 rings (SSSR count). The number of carbonyl (C=O) groups is 1. The first-order valence-electron chi connectivity index (χ1n) is 7.98. The van der Waals surface area contributed by atoms with Gasteiger partial charge in [0.2, 0.25) is 0 Å². The number of benzene rings is 2. The first-order chi connectivity index (χ1) is 12.2. The molecule has 5 heteroatoms. The Morgan fingerprint density at radius 1 is 1.08 bits per heavy atom. The molecule has 0 aliphatic carbocycles. The van der Waals surface area contributed by atoms with Gasteiger partial charge < -0.3 is 4.42 Å². The van der Waals surface area contributed by atoms with E-state index >= 15 is 0 Å². The third kappa shape index (κ3) is 3.08. The van der Waals surface area contributed by atoms with Crippen LogP contribution in [0.3, 0.4) is 0 Å². The molecule has 0 bridgehead atoms. The zero-order chi connectivity index (χ0) is 17.2. The van der Waals surface area contributed by atoms with Crippen LogP contribution in [-0.2, 0) is 0 Å². The molecule has 4 nitrogen and oxygen atoms in total. The smallest absolute Gasteiger partial charge is 0.274 e. The van der Waals surface area contributed by atoms with Gasteiger partial charge in [0.1, 0.15) is 11.8 Å². The Bertz CT molecular complexity index is 920. The minimum Gasteiger partial charge on any atom is -0.467 e. The number of hydrogen-bond donors (Lipinski definition) is 0. The molecule has 1 atom stereocenters. The van der Waals surface area contributed by atoms with Crippen molar-refractivity contribution in [2.24, 2.45) is 5.10 Å². The van der Waals surface area contributed by atoms with E-state index in [9.17, 15) is 4.79 Å². The van der Waals surface area contributed by atoms with E-state index in [1.54, 1.807) is 30.5 Å². The van der Waals surface area contributed by atoms with Gasteiger partial charge in [0.15, 0.2) is 0 Å². The maximum absolute atomic E-state index is 13.0. The predicted octanol–water partition coefficient (Wildman–Crippen LogP) is 4.92. The van der Waals surface area contributed by atoms with Crippen molar-refractivity contribution in [2.45, 2.75) is 12.5 Å². The summed E-state index contributed by atoms with van der Waals surface area (Å²) in [5.41, 5.74) is 2.36. The Labute approximate surface area is 150 Å². The summed E-state index contributed by atoms with van der Waals surface area (Å²) in [6, 6.07) is 20.2. The van der Waals surface area contributed by atoms with Crippen molar-refractivity contribution in [1.29, 1.82) is 0 Å². The number of halogens is 1. The molecule has 2 heterocycles. The summed E-state index contributed by atoms with van der Waals surface area (Å²) in [4.78, 5) is 13.0. The van der Waals surface area contributed by atoms with E-state index in [0.717, 1.165) is 11.3 Å². The average molecular weight is 351 g/mol. The molecule has 1 aromatic heterocycles. The number of hydrogen-bond acceptors (Lipinski definition) is 3. The SMILES string of the molecule is O=C(c1cccc(Cl)c1)N1N=C(c2ccccc2)CC1c1ccco1. The molecule has 1 unspecified atom stereocenters. The second-order valence-electron chi connectivity index (χ2n) is 5.81. The summed E-state index contributed by atoms with van der Waals surface area (Å²) in [5, 5.41) is 6.61. The van der Waals surface area contributed by atoms with Crippen molar-refractivity contribution in [3.8, 4) is 0 Å².